The molecule has 0 saturated carbocycles. The van der Waals surface area contributed by atoms with Gasteiger partial charge in [-0.25, -0.2) is 0 Å². The summed E-state index contributed by atoms with van der Waals surface area (Å²) in [5.41, 5.74) is 1.06. The zero-order valence-electron chi connectivity index (χ0n) is 8.87. The number of nitrogens with zero attached hydrogens (tertiary/aromatic N) is 1. The maximum atomic E-state index is 6.26. The molecule has 1 aliphatic heterocycles. The van der Waals surface area contributed by atoms with Gasteiger partial charge in [0.1, 0.15) is 0 Å². The number of hydrogen-bond donors (Lipinski definition) is 0. The molecule has 3 nitrogen and oxygen atoms in total. The summed E-state index contributed by atoms with van der Waals surface area (Å²) in [5, 5.41) is -0.0190. The van der Waals surface area contributed by atoms with Gasteiger partial charge in [-0.2, -0.15) is 0 Å². The Balaban J connectivity index is 2.15. The van der Waals surface area contributed by atoms with Crippen LogP contribution >= 0.6 is 11.6 Å². The molecule has 2 rings (SSSR count). The van der Waals surface area contributed by atoms with Gasteiger partial charge in [0.05, 0.1) is 5.38 Å². The lowest BCUT2D eigenvalue weighted by Gasteiger charge is -2.15. The van der Waals surface area contributed by atoms with E-state index in [2.05, 4.69) is 4.90 Å². The zero-order valence-corrected chi connectivity index (χ0v) is 9.62. The third kappa shape index (κ3) is 2.36. The molecule has 1 aromatic carbocycles. The van der Waals surface area contributed by atoms with Gasteiger partial charge in [0.25, 0.3) is 0 Å². The number of ether oxygens (including phenoxy) is 2. The Morgan fingerprint density at radius 1 is 1.33 bits per heavy atom. The summed E-state index contributed by atoms with van der Waals surface area (Å²) in [6.45, 7) is 1.11. The highest BCUT2D eigenvalue weighted by molar-refractivity contribution is 6.21. The maximum absolute atomic E-state index is 6.26. The van der Waals surface area contributed by atoms with Crippen LogP contribution < -0.4 is 9.47 Å². The van der Waals surface area contributed by atoms with Crippen molar-refractivity contribution in [1.82, 2.24) is 4.90 Å². The van der Waals surface area contributed by atoms with Gasteiger partial charge >= 0.3 is 0 Å². The molecule has 0 amide bonds. The first kappa shape index (κ1) is 10.6. The van der Waals surface area contributed by atoms with E-state index in [0.717, 1.165) is 23.6 Å². The number of alkyl halides is 1. The fourth-order valence-corrected chi connectivity index (χ4v) is 1.95. The van der Waals surface area contributed by atoms with Crippen LogP contribution in [0.4, 0.5) is 0 Å². The monoisotopic (exact) mass is 227 g/mol. The second kappa shape index (κ2) is 4.29. The molecule has 1 aliphatic rings. The van der Waals surface area contributed by atoms with Gasteiger partial charge in [0.2, 0.25) is 6.79 Å². The quantitative estimate of drug-likeness (QED) is 0.740. The number of benzene rings is 1. The van der Waals surface area contributed by atoms with E-state index in [1.54, 1.807) is 0 Å². The average Bonchev–Trinajstić information content (AvgIpc) is 2.62. The van der Waals surface area contributed by atoms with E-state index >= 15 is 0 Å². The highest BCUT2D eigenvalue weighted by Crippen LogP contribution is 2.35. The van der Waals surface area contributed by atoms with E-state index in [0.29, 0.717) is 6.79 Å². The van der Waals surface area contributed by atoms with Crippen molar-refractivity contribution < 1.29 is 9.47 Å². The van der Waals surface area contributed by atoms with Crippen molar-refractivity contribution in [2.45, 2.75) is 5.38 Å². The first-order valence-corrected chi connectivity index (χ1v) is 5.29. The van der Waals surface area contributed by atoms with E-state index in [1.165, 1.54) is 0 Å². The third-order valence-electron chi connectivity index (χ3n) is 2.28. The summed E-state index contributed by atoms with van der Waals surface area (Å²) in [6.07, 6.45) is 0. The Kier molecular flexibility index (Phi) is 3.03. The van der Waals surface area contributed by atoms with Crippen molar-refractivity contribution in [3.63, 3.8) is 0 Å². The van der Waals surface area contributed by atoms with Crippen LogP contribution in [0.3, 0.4) is 0 Å². The molecule has 1 atom stereocenters. The van der Waals surface area contributed by atoms with Crippen LogP contribution in [0.15, 0.2) is 18.2 Å². The van der Waals surface area contributed by atoms with Gasteiger partial charge in [-0.05, 0) is 31.8 Å². The Labute approximate surface area is 94.5 Å². The first-order chi connectivity index (χ1) is 7.16. The third-order valence-corrected chi connectivity index (χ3v) is 2.67. The molecule has 82 valence electrons. The molecule has 1 aromatic rings. The number of fused-ring (bicyclic) bond motifs is 1. The lowest BCUT2D eigenvalue weighted by Crippen LogP contribution is -2.17. The smallest absolute Gasteiger partial charge is 0.231 e. The van der Waals surface area contributed by atoms with Crippen LogP contribution in [0.25, 0.3) is 0 Å². The van der Waals surface area contributed by atoms with E-state index in [4.69, 9.17) is 21.1 Å². The highest BCUT2D eigenvalue weighted by atomic mass is 35.5. The van der Waals surface area contributed by atoms with Gasteiger partial charge in [-0.3, -0.25) is 0 Å². The Morgan fingerprint density at radius 3 is 2.80 bits per heavy atom. The number of halogens is 1. The highest BCUT2D eigenvalue weighted by Gasteiger charge is 2.16. The lowest BCUT2D eigenvalue weighted by molar-refractivity contribution is 0.174. The van der Waals surface area contributed by atoms with Gasteiger partial charge < -0.3 is 14.4 Å². The van der Waals surface area contributed by atoms with E-state index in [-0.39, 0.29) is 5.38 Å². The standard InChI is InChI=1S/C11H14ClNO2/c1-13(2)6-9(12)8-3-4-10-11(5-8)15-7-14-10/h3-5,9H,6-7H2,1-2H3. The number of rotatable bonds is 3. The van der Waals surface area contributed by atoms with Crippen molar-refractivity contribution in [1.29, 1.82) is 0 Å². The molecule has 0 saturated heterocycles. The van der Waals surface area contributed by atoms with E-state index in [1.807, 2.05) is 32.3 Å². The number of likely N-dealkylation sites (N-methyl/N-ethyl adjacent to an activating group) is 1. The topological polar surface area (TPSA) is 21.7 Å². The van der Waals surface area contributed by atoms with Gasteiger partial charge in [-0.15, -0.1) is 11.6 Å². The van der Waals surface area contributed by atoms with Gasteiger partial charge in [0.15, 0.2) is 11.5 Å². The van der Waals surface area contributed by atoms with Crippen LogP contribution in [-0.4, -0.2) is 32.3 Å². The summed E-state index contributed by atoms with van der Waals surface area (Å²) >= 11 is 6.26. The summed E-state index contributed by atoms with van der Waals surface area (Å²) in [7, 11) is 4.00. The lowest BCUT2D eigenvalue weighted by atomic mass is 10.1. The Bertz CT molecular complexity index is 354. The van der Waals surface area contributed by atoms with E-state index in [9.17, 15) is 0 Å². The molecule has 0 aliphatic carbocycles. The second-order valence-corrected chi connectivity index (χ2v) is 4.37. The average molecular weight is 228 g/mol. The predicted molar refractivity (Wildman–Crippen MR) is 59.7 cm³/mol. The normalized spacial score (nSPS) is 15.7. The summed E-state index contributed by atoms with van der Waals surface area (Å²) in [6, 6.07) is 5.83. The predicted octanol–water partition coefficient (Wildman–Crippen LogP) is 2.26. The minimum absolute atomic E-state index is 0.0190. The van der Waals surface area contributed by atoms with Crippen molar-refractivity contribution >= 4 is 11.6 Å². The second-order valence-electron chi connectivity index (χ2n) is 3.84. The van der Waals surface area contributed by atoms with Crippen molar-refractivity contribution in [2.24, 2.45) is 0 Å². The molecule has 0 bridgehead atoms. The van der Waals surface area contributed by atoms with Crippen LogP contribution in [0, 0.1) is 0 Å². The zero-order chi connectivity index (χ0) is 10.8. The molecule has 0 fully saturated rings. The summed E-state index contributed by atoms with van der Waals surface area (Å²) in [5.74, 6) is 1.59. The van der Waals surface area contributed by atoms with Crippen LogP contribution in [0.1, 0.15) is 10.9 Å². The molecule has 4 heteroatoms. The summed E-state index contributed by atoms with van der Waals surface area (Å²) < 4.78 is 10.5. The Morgan fingerprint density at radius 2 is 2.07 bits per heavy atom. The fourth-order valence-electron chi connectivity index (χ4n) is 1.53. The Hall–Kier alpha value is -0.930. The SMILES string of the molecule is CN(C)CC(Cl)c1ccc2c(c1)OCO2. The molecule has 0 radical (unpaired) electrons. The molecule has 1 heterocycles. The van der Waals surface area contributed by atoms with Crippen LogP contribution in [0.5, 0.6) is 11.5 Å². The summed E-state index contributed by atoms with van der Waals surface area (Å²) in [4.78, 5) is 2.06. The van der Waals surface area contributed by atoms with Gasteiger partial charge in [0, 0.05) is 6.54 Å². The molecular formula is C11H14ClNO2. The maximum Gasteiger partial charge on any atom is 0.231 e. The fraction of sp³-hybridized carbons (Fsp3) is 0.455. The van der Waals surface area contributed by atoms with Crippen molar-refractivity contribution in [3.05, 3.63) is 23.8 Å². The minimum atomic E-state index is -0.0190. The molecule has 0 spiro atoms. The van der Waals surface area contributed by atoms with Gasteiger partial charge in [-0.1, -0.05) is 6.07 Å². The van der Waals surface area contributed by atoms with Crippen molar-refractivity contribution in [2.75, 3.05) is 27.4 Å². The minimum Gasteiger partial charge on any atom is -0.454 e. The number of hydrogen-bond acceptors (Lipinski definition) is 3. The molecular weight excluding hydrogens is 214 g/mol. The first-order valence-electron chi connectivity index (χ1n) is 4.85. The molecule has 1 unspecified atom stereocenters. The molecule has 0 aromatic heterocycles. The molecule has 15 heavy (non-hydrogen) atoms. The van der Waals surface area contributed by atoms with E-state index < -0.39 is 0 Å². The van der Waals surface area contributed by atoms with Crippen LogP contribution in [-0.2, 0) is 0 Å². The largest absolute Gasteiger partial charge is 0.454 e. The van der Waals surface area contributed by atoms with Crippen LogP contribution in [0.2, 0.25) is 0 Å². The molecule has 0 N–H and O–H groups in total. The van der Waals surface area contributed by atoms with Crippen molar-refractivity contribution in [3.8, 4) is 11.5 Å².